The number of carbonyl (C=O) groups excluding carboxylic acids is 3. The topological polar surface area (TPSA) is 96.9 Å². The summed E-state index contributed by atoms with van der Waals surface area (Å²) in [6, 6.07) is 6.11. The average molecular weight is 333 g/mol. The molecule has 2 N–H and O–H groups in total. The Morgan fingerprint density at radius 3 is 2.54 bits per heavy atom. The Labute approximate surface area is 141 Å². The van der Waals surface area contributed by atoms with E-state index >= 15 is 0 Å². The highest BCUT2D eigenvalue weighted by atomic mass is 16.5. The molecule has 0 radical (unpaired) electrons. The van der Waals surface area contributed by atoms with Crippen LogP contribution >= 0.6 is 0 Å². The first kappa shape index (κ1) is 19.4. The van der Waals surface area contributed by atoms with Gasteiger partial charge in [-0.3, -0.25) is 0 Å². The Morgan fingerprint density at radius 2 is 1.96 bits per heavy atom. The van der Waals surface area contributed by atoms with E-state index in [0.29, 0.717) is 0 Å². The highest BCUT2D eigenvalue weighted by molar-refractivity contribution is 5.84. The predicted molar refractivity (Wildman–Crippen MR) is 88.9 cm³/mol. The minimum absolute atomic E-state index is 0.248. The number of nitrogens with zero attached hydrogens (tertiary/aromatic N) is 1. The molecule has 1 unspecified atom stereocenters. The summed E-state index contributed by atoms with van der Waals surface area (Å²) >= 11 is 0. The molecule has 7 nitrogen and oxygen atoms in total. The lowest BCUT2D eigenvalue weighted by Gasteiger charge is -2.29. The summed E-state index contributed by atoms with van der Waals surface area (Å²) in [6.07, 6.45) is 1.49. The number of benzene rings is 1. The van der Waals surface area contributed by atoms with Crippen LogP contribution in [0, 0.1) is 5.41 Å². The molecule has 1 atom stereocenters. The van der Waals surface area contributed by atoms with E-state index in [9.17, 15) is 14.4 Å². The van der Waals surface area contributed by atoms with E-state index in [1.54, 1.807) is 0 Å². The van der Waals surface area contributed by atoms with Crippen molar-refractivity contribution in [1.29, 1.82) is 0 Å². The van der Waals surface area contributed by atoms with Crippen molar-refractivity contribution in [2.75, 3.05) is 7.11 Å². The molecular formula is C17H23N3O4. The molecule has 2 amide bonds. The van der Waals surface area contributed by atoms with Gasteiger partial charge in [0.2, 0.25) is 6.08 Å². The van der Waals surface area contributed by atoms with E-state index in [-0.39, 0.29) is 13.1 Å². The van der Waals surface area contributed by atoms with Gasteiger partial charge in [0.1, 0.15) is 6.04 Å². The fourth-order valence-corrected chi connectivity index (χ4v) is 2.07. The van der Waals surface area contributed by atoms with Crippen molar-refractivity contribution in [1.82, 2.24) is 10.6 Å². The number of urea groups is 1. The van der Waals surface area contributed by atoms with Crippen LogP contribution in [0.3, 0.4) is 0 Å². The summed E-state index contributed by atoms with van der Waals surface area (Å²) in [5.41, 5.74) is 1.23. The maximum atomic E-state index is 12.1. The van der Waals surface area contributed by atoms with E-state index < -0.39 is 23.5 Å². The second-order valence-electron chi connectivity index (χ2n) is 6.38. The minimum atomic E-state index is -0.754. The third kappa shape index (κ3) is 6.22. The highest BCUT2D eigenvalue weighted by Crippen LogP contribution is 2.20. The van der Waals surface area contributed by atoms with E-state index in [1.807, 2.05) is 45.0 Å². The SMILES string of the molecule is COC(=O)C(NC(=O)NCc1cccc(CN=C=O)c1)C(C)(C)C. The van der Waals surface area contributed by atoms with Crippen molar-refractivity contribution in [3.8, 4) is 0 Å². The van der Waals surface area contributed by atoms with Crippen LogP contribution in [-0.2, 0) is 27.4 Å². The van der Waals surface area contributed by atoms with Crippen LogP contribution in [0.5, 0.6) is 0 Å². The van der Waals surface area contributed by atoms with Crippen molar-refractivity contribution < 1.29 is 19.1 Å². The molecule has 0 aliphatic heterocycles. The number of carbonyl (C=O) groups is 2. The second kappa shape index (κ2) is 8.84. The van der Waals surface area contributed by atoms with Gasteiger partial charge in [-0.2, -0.15) is 0 Å². The number of methoxy groups -OCH3 is 1. The zero-order valence-electron chi connectivity index (χ0n) is 14.4. The van der Waals surface area contributed by atoms with Crippen LogP contribution in [0.15, 0.2) is 29.3 Å². The first-order valence-electron chi connectivity index (χ1n) is 7.51. The van der Waals surface area contributed by atoms with Crippen LogP contribution in [0.4, 0.5) is 4.79 Å². The Kier molecular flexibility index (Phi) is 7.14. The fourth-order valence-electron chi connectivity index (χ4n) is 2.07. The lowest BCUT2D eigenvalue weighted by atomic mass is 9.87. The summed E-state index contributed by atoms with van der Waals surface area (Å²) in [4.78, 5) is 37.5. The minimum Gasteiger partial charge on any atom is -0.467 e. The summed E-state index contributed by atoms with van der Waals surface area (Å²) in [5, 5.41) is 5.33. The van der Waals surface area contributed by atoms with E-state index in [2.05, 4.69) is 15.6 Å². The molecule has 0 saturated heterocycles. The summed E-state index contributed by atoms with van der Waals surface area (Å²) in [5.74, 6) is -0.494. The van der Waals surface area contributed by atoms with E-state index in [0.717, 1.165) is 11.1 Å². The molecule has 1 aromatic carbocycles. The number of hydrogen-bond acceptors (Lipinski definition) is 5. The zero-order chi connectivity index (χ0) is 18.2. The molecule has 7 heteroatoms. The van der Waals surface area contributed by atoms with Crippen molar-refractivity contribution in [3.05, 3.63) is 35.4 Å². The molecule has 24 heavy (non-hydrogen) atoms. The van der Waals surface area contributed by atoms with Gasteiger partial charge in [0.15, 0.2) is 0 Å². The van der Waals surface area contributed by atoms with Crippen LogP contribution in [0.2, 0.25) is 0 Å². The highest BCUT2D eigenvalue weighted by Gasteiger charge is 2.33. The quantitative estimate of drug-likeness (QED) is 0.472. The molecule has 0 saturated carbocycles. The number of ether oxygens (including phenoxy) is 1. The maximum absolute atomic E-state index is 12.1. The number of nitrogens with one attached hydrogen (secondary N) is 2. The fraction of sp³-hybridized carbons (Fsp3) is 0.471. The number of rotatable bonds is 6. The van der Waals surface area contributed by atoms with Crippen molar-refractivity contribution in [3.63, 3.8) is 0 Å². The summed E-state index contributed by atoms with van der Waals surface area (Å²) in [6.45, 7) is 6.05. The Bertz CT molecular complexity index is 631. The molecule has 0 aliphatic carbocycles. The standard InChI is InChI=1S/C17H23N3O4/c1-17(2,3)14(15(22)24-4)20-16(23)19-10-13-7-5-6-12(8-13)9-18-11-21/h5-8,14H,9-10H2,1-4H3,(H2,19,20,23). The van der Waals surface area contributed by atoms with Gasteiger partial charge in [-0.15, -0.1) is 0 Å². The predicted octanol–water partition coefficient (Wildman–Crippen LogP) is 1.91. The first-order chi connectivity index (χ1) is 11.3. The number of esters is 1. The van der Waals surface area contributed by atoms with E-state index in [4.69, 9.17) is 4.74 Å². The van der Waals surface area contributed by atoms with Gasteiger partial charge in [0.25, 0.3) is 0 Å². The van der Waals surface area contributed by atoms with Crippen LogP contribution in [0.1, 0.15) is 31.9 Å². The summed E-state index contributed by atoms with van der Waals surface area (Å²) < 4.78 is 4.73. The molecule has 0 aromatic heterocycles. The largest absolute Gasteiger partial charge is 0.467 e. The van der Waals surface area contributed by atoms with Crippen molar-refractivity contribution in [2.24, 2.45) is 10.4 Å². The van der Waals surface area contributed by atoms with Gasteiger partial charge in [-0.05, 0) is 16.5 Å². The molecule has 0 heterocycles. The average Bonchev–Trinajstić information content (AvgIpc) is 2.54. The van der Waals surface area contributed by atoms with Gasteiger partial charge in [-0.25, -0.2) is 19.4 Å². The monoisotopic (exact) mass is 333 g/mol. The molecule has 1 rings (SSSR count). The van der Waals surface area contributed by atoms with E-state index in [1.165, 1.54) is 13.2 Å². The van der Waals surface area contributed by atoms with Gasteiger partial charge in [-0.1, -0.05) is 45.0 Å². The number of aliphatic imine (C=N–C) groups is 1. The van der Waals surface area contributed by atoms with Crippen LogP contribution in [0.25, 0.3) is 0 Å². The van der Waals surface area contributed by atoms with Crippen molar-refractivity contribution >= 4 is 18.1 Å². The Morgan fingerprint density at radius 1 is 1.29 bits per heavy atom. The van der Waals surface area contributed by atoms with Gasteiger partial charge >= 0.3 is 12.0 Å². The van der Waals surface area contributed by atoms with Crippen molar-refractivity contribution in [2.45, 2.75) is 39.9 Å². The van der Waals surface area contributed by atoms with Gasteiger partial charge in [0.05, 0.1) is 13.7 Å². The second-order valence-corrected chi connectivity index (χ2v) is 6.38. The Balaban J connectivity index is 2.65. The lowest BCUT2D eigenvalue weighted by Crippen LogP contribution is -2.52. The molecule has 0 bridgehead atoms. The molecule has 1 aromatic rings. The Hall–Kier alpha value is -2.66. The third-order valence-electron chi connectivity index (χ3n) is 3.35. The molecule has 130 valence electrons. The smallest absolute Gasteiger partial charge is 0.328 e. The van der Waals surface area contributed by atoms with Crippen LogP contribution < -0.4 is 10.6 Å². The van der Waals surface area contributed by atoms with Crippen LogP contribution in [-0.4, -0.2) is 31.2 Å². The molecule has 0 spiro atoms. The maximum Gasteiger partial charge on any atom is 0.328 e. The lowest BCUT2D eigenvalue weighted by molar-refractivity contribution is -0.145. The first-order valence-corrected chi connectivity index (χ1v) is 7.51. The number of hydrogen-bond donors (Lipinski definition) is 2. The summed E-state index contributed by atoms with van der Waals surface area (Å²) in [7, 11) is 1.29. The molecular weight excluding hydrogens is 310 g/mol. The number of isocyanates is 1. The third-order valence-corrected chi connectivity index (χ3v) is 3.35. The normalized spacial score (nSPS) is 11.8. The zero-order valence-corrected chi connectivity index (χ0v) is 14.4. The molecule has 0 fully saturated rings. The van der Waals surface area contributed by atoms with Gasteiger partial charge < -0.3 is 15.4 Å². The van der Waals surface area contributed by atoms with Gasteiger partial charge in [0, 0.05) is 6.54 Å². The number of amides is 2. The molecule has 0 aliphatic rings.